The highest BCUT2D eigenvalue weighted by atomic mass is 16.5. The zero-order valence-electron chi connectivity index (χ0n) is 7.33. The first-order chi connectivity index (χ1) is 6.16. The number of Topliss-reactive ketones (excluding diaryl/α,β-unsaturated/α-hetero) is 1. The lowest BCUT2D eigenvalue weighted by Gasteiger charge is -2.03. The number of hydrogen-bond donors (Lipinski definition) is 1. The van der Waals surface area contributed by atoms with Gasteiger partial charge in [0.25, 0.3) is 5.78 Å². The summed E-state index contributed by atoms with van der Waals surface area (Å²) in [5.74, 6) is -2.86. The van der Waals surface area contributed by atoms with Crippen LogP contribution >= 0.6 is 0 Å². The van der Waals surface area contributed by atoms with Gasteiger partial charge in [-0.1, -0.05) is 0 Å². The molecule has 1 unspecified atom stereocenters. The van der Waals surface area contributed by atoms with Crippen molar-refractivity contribution in [2.24, 2.45) is 5.92 Å². The third-order valence-electron chi connectivity index (χ3n) is 1.84. The summed E-state index contributed by atoms with van der Waals surface area (Å²) >= 11 is 0. The van der Waals surface area contributed by atoms with Gasteiger partial charge in [-0.05, 0) is 13.3 Å². The van der Waals surface area contributed by atoms with Gasteiger partial charge in [0.1, 0.15) is 5.92 Å². The highest BCUT2D eigenvalue weighted by Gasteiger charge is 2.35. The molecular weight excluding hydrogens is 174 g/mol. The van der Waals surface area contributed by atoms with E-state index >= 15 is 0 Å². The van der Waals surface area contributed by atoms with E-state index in [1.807, 2.05) is 0 Å². The van der Waals surface area contributed by atoms with Crippen molar-refractivity contribution in [2.75, 3.05) is 13.2 Å². The van der Waals surface area contributed by atoms with Gasteiger partial charge in [-0.2, -0.15) is 0 Å². The lowest BCUT2D eigenvalue weighted by Crippen LogP contribution is -2.31. The number of carbonyl (C=O) groups excluding carboxylic acids is 3. The number of nitrogens with one attached hydrogen (secondary N) is 1. The van der Waals surface area contributed by atoms with Crippen LogP contribution in [0.2, 0.25) is 0 Å². The van der Waals surface area contributed by atoms with E-state index in [1.54, 1.807) is 6.92 Å². The molecule has 0 aromatic rings. The third-order valence-corrected chi connectivity index (χ3v) is 1.84. The monoisotopic (exact) mass is 185 g/mol. The van der Waals surface area contributed by atoms with Crippen LogP contribution in [0.5, 0.6) is 0 Å². The van der Waals surface area contributed by atoms with Gasteiger partial charge in [0.15, 0.2) is 0 Å². The minimum atomic E-state index is -0.912. The molecule has 1 aliphatic heterocycles. The van der Waals surface area contributed by atoms with E-state index in [0.29, 0.717) is 13.0 Å². The Kier molecular flexibility index (Phi) is 3.00. The van der Waals surface area contributed by atoms with Gasteiger partial charge in [-0.25, -0.2) is 4.79 Å². The highest BCUT2D eigenvalue weighted by Crippen LogP contribution is 2.11. The molecule has 0 aromatic carbocycles. The van der Waals surface area contributed by atoms with E-state index in [-0.39, 0.29) is 12.5 Å². The van der Waals surface area contributed by atoms with Crippen molar-refractivity contribution < 1.29 is 19.1 Å². The van der Waals surface area contributed by atoms with E-state index in [9.17, 15) is 14.4 Å². The summed E-state index contributed by atoms with van der Waals surface area (Å²) < 4.78 is 4.50. The minimum absolute atomic E-state index is 0.152. The van der Waals surface area contributed by atoms with Crippen LogP contribution < -0.4 is 5.32 Å². The Balaban J connectivity index is 2.56. The van der Waals surface area contributed by atoms with Crippen molar-refractivity contribution in [3.05, 3.63) is 0 Å². The first-order valence-corrected chi connectivity index (χ1v) is 4.15. The normalized spacial score (nSPS) is 21.0. The lowest BCUT2D eigenvalue weighted by atomic mass is 10.0. The number of ketones is 1. The minimum Gasteiger partial charge on any atom is -0.460 e. The topological polar surface area (TPSA) is 72.5 Å². The Morgan fingerprint density at radius 1 is 1.62 bits per heavy atom. The number of rotatable bonds is 3. The number of hydrogen-bond acceptors (Lipinski definition) is 4. The largest absolute Gasteiger partial charge is 0.460 e. The second-order valence-corrected chi connectivity index (χ2v) is 2.72. The molecule has 0 spiro atoms. The molecule has 0 aromatic heterocycles. The molecule has 72 valence electrons. The van der Waals surface area contributed by atoms with Crippen LogP contribution in [0.15, 0.2) is 0 Å². The van der Waals surface area contributed by atoms with E-state index < -0.39 is 17.7 Å². The standard InChI is InChI=1S/C8H11NO4/c1-2-13-8(12)6(10)5-3-4-9-7(5)11/h5H,2-4H2,1H3,(H,9,11). The molecule has 1 aliphatic rings. The molecule has 13 heavy (non-hydrogen) atoms. The maximum atomic E-state index is 11.2. The van der Waals surface area contributed by atoms with Crippen LogP contribution in [0.1, 0.15) is 13.3 Å². The first kappa shape index (κ1) is 9.70. The highest BCUT2D eigenvalue weighted by molar-refractivity contribution is 6.38. The fraction of sp³-hybridized carbons (Fsp3) is 0.625. The average Bonchev–Trinajstić information content (AvgIpc) is 2.50. The van der Waals surface area contributed by atoms with Crippen molar-refractivity contribution in [1.82, 2.24) is 5.32 Å². The smallest absolute Gasteiger partial charge is 0.375 e. The Bertz CT molecular complexity index is 249. The molecule has 5 nitrogen and oxygen atoms in total. The van der Waals surface area contributed by atoms with Crippen LogP contribution in [0.25, 0.3) is 0 Å². The van der Waals surface area contributed by atoms with E-state index in [1.165, 1.54) is 0 Å². The molecule has 0 aliphatic carbocycles. The average molecular weight is 185 g/mol. The molecule has 1 saturated heterocycles. The Labute approximate surface area is 75.4 Å². The second kappa shape index (κ2) is 4.02. The van der Waals surface area contributed by atoms with Crippen molar-refractivity contribution in [1.29, 1.82) is 0 Å². The molecule has 1 amide bonds. The molecule has 1 fully saturated rings. The van der Waals surface area contributed by atoms with E-state index in [4.69, 9.17) is 0 Å². The Morgan fingerprint density at radius 3 is 2.77 bits per heavy atom. The predicted octanol–water partition coefficient (Wildman–Crippen LogP) is -0.745. The summed E-state index contributed by atoms with van der Waals surface area (Å²) in [6, 6.07) is 0. The quantitative estimate of drug-likeness (QED) is 0.357. The van der Waals surface area contributed by atoms with Crippen molar-refractivity contribution in [3.63, 3.8) is 0 Å². The van der Waals surface area contributed by atoms with Crippen LogP contribution in [0.4, 0.5) is 0 Å². The predicted molar refractivity (Wildman–Crippen MR) is 42.8 cm³/mol. The lowest BCUT2D eigenvalue weighted by molar-refractivity contribution is -0.156. The van der Waals surface area contributed by atoms with Gasteiger partial charge >= 0.3 is 5.97 Å². The maximum absolute atomic E-state index is 11.2. The first-order valence-electron chi connectivity index (χ1n) is 4.15. The van der Waals surface area contributed by atoms with Gasteiger partial charge in [-0.3, -0.25) is 9.59 Å². The Morgan fingerprint density at radius 2 is 2.31 bits per heavy atom. The molecule has 0 radical (unpaired) electrons. The van der Waals surface area contributed by atoms with Gasteiger partial charge in [0.05, 0.1) is 6.61 Å². The fourth-order valence-electron chi connectivity index (χ4n) is 1.19. The number of carbonyl (C=O) groups is 3. The van der Waals surface area contributed by atoms with Gasteiger partial charge in [0.2, 0.25) is 5.91 Å². The van der Waals surface area contributed by atoms with Crippen molar-refractivity contribution >= 4 is 17.7 Å². The number of ether oxygens (including phenoxy) is 1. The van der Waals surface area contributed by atoms with Crippen LogP contribution in [-0.2, 0) is 19.1 Å². The summed E-state index contributed by atoms with van der Waals surface area (Å²) in [6.45, 7) is 2.22. The maximum Gasteiger partial charge on any atom is 0.375 e. The van der Waals surface area contributed by atoms with Gasteiger partial charge < -0.3 is 10.1 Å². The third kappa shape index (κ3) is 2.05. The molecular formula is C8H11NO4. The molecule has 0 bridgehead atoms. The van der Waals surface area contributed by atoms with Crippen LogP contribution in [-0.4, -0.2) is 30.8 Å². The van der Waals surface area contributed by atoms with E-state index in [2.05, 4.69) is 10.1 Å². The Hall–Kier alpha value is -1.39. The summed E-state index contributed by atoms with van der Waals surface area (Å²) in [6.07, 6.45) is 0.385. The number of esters is 1. The zero-order chi connectivity index (χ0) is 9.84. The summed E-state index contributed by atoms with van der Waals surface area (Å²) in [7, 11) is 0. The summed E-state index contributed by atoms with van der Waals surface area (Å²) in [4.78, 5) is 33.1. The molecule has 1 atom stereocenters. The van der Waals surface area contributed by atoms with Crippen LogP contribution in [0.3, 0.4) is 0 Å². The molecule has 5 heteroatoms. The summed E-state index contributed by atoms with van der Waals surface area (Å²) in [5, 5.41) is 2.48. The molecule has 1 heterocycles. The SMILES string of the molecule is CCOC(=O)C(=O)C1CCNC1=O. The molecule has 1 N–H and O–H groups in total. The number of amides is 1. The fourth-order valence-corrected chi connectivity index (χ4v) is 1.19. The van der Waals surface area contributed by atoms with Gasteiger partial charge in [0, 0.05) is 6.54 Å². The van der Waals surface area contributed by atoms with Crippen molar-refractivity contribution in [2.45, 2.75) is 13.3 Å². The van der Waals surface area contributed by atoms with Crippen LogP contribution in [0, 0.1) is 5.92 Å². The van der Waals surface area contributed by atoms with E-state index in [0.717, 1.165) is 0 Å². The van der Waals surface area contributed by atoms with Gasteiger partial charge in [-0.15, -0.1) is 0 Å². The summed E-state index contributed by atoms with van der Waals surface area (Å²) in [5.41, 5.74) is 0. The molecule has 1 rings (SSSR count). The second-order valence-electron chi connectivity index (χ2n) is 2.72. The molecule has 0 saturated carbocycles. The zero-order valence-corrected chi connectivity index (χ0v) is 7.33. The van der Waals surface area contributed by atoms with Crippen molar-refractivity contribution in [3.8, 4) is 0 Å².